The summed E-state index contributed by atoms with van der Waals surface area (Å²) in [4.78, 5) is 28.8. The maximum atomic E-state index is 13.7. The lowest BCUT2D eigenvalue weighted by atomic mass is 9.84. The summed E-state index contributed by atoms with van der Waals surface area (Å²) < 4.78 is 21.9. The molecule has 0 saturated carbocycles. The molecule has 9 heteroatoms. The van der Waals surface area contributed by atoms with E-state index in [4.69, 9.17) is 18.9 Å². The van der Waals surface area contributed by atoms with Gasteiger partial charge in [0.1, 0.15) is 0 Å². The van der Waals surface area contributed by atoms with Crippen molar-refractivity contribution in [2.75, 3.05) is 60.3 Å². The van der Waals surface area contributed by atoms with Crippen LogP contribution in [0.25, 0.3) is 0 Å². The molecule has 0 radical (unpaired) electrons. The monoisotopic (exact) mass is 547 g/mol. The molecule has 39 heavy (non-hydrogen) atoms. The smallest absolute Gasteiger partial charge is 0.254 e. The van der Waals surface area contributed by atoms with Crippen LogP contribution >= 0.6 is 0 Å². The third-order valence-corrected chi connectivity index (χ3v) is 7.97. The van der Waals surface area contributed by atoms with Gasteiger partial charge < -0.3 is 34.5 Å². The van der Waals surface area contributed by atoms with E-state index in [9.17, 15) is 9.59 Å². The van der Waals surface area contributed by atoms with E-state index in [0.29, 0.717) is 56.0 Å². The molecule has 2 N–H and O–H groups in total. The number of carbonyl (C=O) groups excluding carboxylic acids is 2. The molecular weight excluding hydrogens is 498 g/mol. The van der Waals surface area contributed by atoms with E-state index >= 15 is 0 Å². The van der Waals surface area contributed by atoms with Gasteiger partial charge in [-0.1, -0.05) is 6.92 Å². The highest BCUT2D eigenvalue weighted by Gasteiger charge is 2.34. The maximum absolute atomic E-state index is 13.7. The Labute approximate surface area is 234 Å². The van der Waals surface area contributed by atoms with Crippen molar-refractivity contribution in [1.82, 2.24) is 15.5 Å². The summed E-state index contributed by atoms with van der Waals surface area (Å²) in [6, 6.07) is 5.62. The molecule has 9 nitrogen and oxygen atoms in total. The van der Waals surface area contributed by atoms with Gasteiger partial charge in [0, 0.05) is 63.5 Å². The maximum Gasteiger partial charge on any atom is 0.254 e. The summed E-state index contributed by atoms with van der Waals surface area (Å²) in [6.45, 7) is 11.1. The van der Waals surface area contributed by atoms with Gasteiger partial charge in [0.05, 0.1) is 13.7 Å². The molecule has 1 aromatic rings. The van der Waals surface area contributed by atoms with E-state index in [0.717, 1.165) is 45.2 Å². The summed E-state index contributed by atoms with van der Waals surface area (Å²) >= 11 is 0. The van der Waals surface area contributed by atoms with Crippen LogP contribution in [0.5, 0.6) is 11.5 Å². The molecule has 0 unspecified atom stereocenters. The molecule has 3 rings (SSSR count). The molecule has 1 aromatic carbocycles. The van der Waals surface area contributed by atoms with Crippen LogP contribution in [-0.4, -0.2) is 89.1 Å². The average molecular weight is 548 g/mol. The number of nitrogens with zero attached hydrogens (tertiary/aromatic N) is 1. The third-order valence-electron chi connectivity index (χ3n) is 7.97. The topological polar surface area (TPSA) is 98.4 Å². The van der Waals surface area contributed by atoms with Gasteiger partial charge >= 0.3 is 0 Å². The first-order valence-electron chi connectivity index (χ1n) is 14.6. The van der Waals surface area contributed by atoms with E-state index in [-0.39, 0.29) is 35.7 Å². The minimum absolute atomic E-state index is 0.0238. The molecule has 2 aliphatic heterocycles. The number of carbonyl (C=O) groups is 2. The van der Waals surface area contributed by atoms with Gasteiger partial charge in [0.15, 0.2) is 11.5 Å². The number of methoxy groups -OCH3 is 2. The van der Waals surface area contributed by atoms with Crippen LogP contribution in [0.2, 0.25) is 0 Å². The van der Waals surface area contributed by atoms with Gasteiger partial charge in [-0.05, 0) is 82.7 Å². The number of rotatable bonds is 15. The van der Waals surface area contributed by atoms with E-state index in [2.05, 4.69) is 31.4 Å². The van der Waals surface area contributed by atoms with Crippen molar-refractivity contribution in [3.05, 3.63) is 23.8 Å². The Balaban J connectivity index is 1.65. The van der Waals surface area contributed by atoms with Gasteiger partial charge in [0.2, 0.25) is 5.91 Å². The minimum atomic E-state index is -0.0251. The van der Waals surface area contributed by atoms with Gasteiger partial charge in [-0.15, -0.1) is 0 Å². The van der Waals surface area contributed by atoms with Crippen molar-refractivity contribution in [3.8, 4) is 11.5 Å². The molecule has 0 aromatic heterocycles. The molecule has 0 aliphatic carbocycles. The summed E-state index contributed by atoms with van der Waals surface area (Å²) in [5, 5.41) is 6.78. The quantitative estimate of drug-likeness (QED) is 0.324. The number of amides is 2. The Hall–Kier alpha value is -2.36. The van der Waals surface area contributed by atoms with Gasteiger partial charge in [0.25, 0.3) is 5.91 Å². The van der Waals surface area contributed by atoms with Crippen LogP contribution in [0.1, 0.15) is 63.2 Å². The van der Waals surface area contributed by atoms with E-state index in [1.807, 2.05) is 4.90 Å². The predicted molar refractivity (Wildman–Crippen MR) is 151 cm³/mol. The Kier molecular flexibility index (Phi) is 12.8. The number of ether oxygens (including phenoxy) is 4. The Morgan fingerprint density at radius 1 is 1.10 bits per heavy atom. The van der Waals surface area contributed by atoms with E-state index in [1.54, 1.807) is 32.4 Å². The van der Waals surface area contributed by atoms with Crippen molar-refractivity contribution < 1.29 is 28.5 Å². The highest BCUT2D eigenvalue weighted by Crippen LogP contribution is 2.31. The van der Waals surface area contributed by atoms with Crippen molar-refractivity contribution >= 4 is 11.8 Å². The number of hydrogen-bond donors (Lipinski definition) is 2. The van der Waals surface area contributed by atoms with Crippen LogP contribution in [0.15, 0.2) is 18.2 Å². The van der Waals surface area contributed by atoms with Crippen molar-refractivity contribution in [3.63, 3.8) is 0 Å². The minimum Gasteiger partial charge on any atom is -0.493 e. The van der Waals surface area contributed by atoms with Crippen LogP contribution in [0.3, 0.4) is 0 Å². The molecule has 2 amide bonds. The molecule has 0 bridgehead atoms. The first kappa shape index (κ1) is 31.2. The Morgan fingerprint density at radius 3 is 2.51 bits per heavy atom. The molecule has 0 spiro atoms. The zero-order valence-corrected chi connectivity index (χ0v) is 24.5. The number of hydrogen-bond acceptors (Lipinski definition) is 7. The second-order valence-electron chi connectivity index (χ2n) is 11.0. The standard InChI is InChI=1S/C30H49N3O6/c1-6-22(29(34)32-26-10-14-38-15-11-26)16-24-18-31-19-25(24)20-33(21(2)3)30(35)23-8-9-27(37-5)28(17-23)39-13-7-12-36-4/h8-9,17,21-22,24-26,31H,6-7,10-16,18-20H2,1-5H3,(H,32,34)/t22-,24-,25+/m1/s1. The summed E-state index contributed by atoms with van der Waals surface area (Å²) in [5.74, 6) is 1.88. The van der Waals surface area contributed by atoms with Crippen molar-refractivity contribution in [1.29, 1.82) is 0 Å². The normalized spacial score (nSPS) is 20.6. The number of benzene rings is 1. The molecule has 2 saturated heterocycles. The summed E-state index contributed by atoms with van der Waals surface area (Å²) in [7, 11) is 3.26. The van der Waals surface area contributed by atoms with Crippen LogP contribution in [0, 0.1) is 17.8 Å². The fraction of sp³-hybridized carbons (Fsp3) is 0.733. The first-order chi connectivity index (χ1) is 18.9. The lowest BCUT2D eigenvalue weighted by Gasteiger charge is -2.33. The zero-order chi connectivity index (χ0) is 28.2. The molecule has 2 heterocycles. The second-order valence-corrected chi connectivity index (χ2v) is 11.0. The van der Waals surface area contributed by atoms with Crippen molar-refractivity contribution in [2.24, 2.45) is 17.8 Å². The zero-order valence-electron chi connectivity index (χ0n) is 24.5. The summed E-state index contributed by atoms with van der Waals surface area (Å²) in [5.41, 5.74) is 0.580. The van der Waals surface area contributed by atoms with Gasteiger partial charge in [-0.25, -0.2) is 0 Å². The lowest BCUT2D eigenvalue weighted by Crippen LogP contribution is -2.44. The predicted octanol–water partition coefficient (Wildman–Crippen LogP) is 3.51. The van der Waals surface area contributed by atoms with Crippen molar-refractivity contribution in [2.45, 2.75) is 65.0 Å². The fourth-order valence-electron chi connectivity index (χ4n) is 5.52. The molecule has 3 atom stereocenters. The third kappa shape index (κ3) is 9.08. The fourth-order valence-corrected chi connectivity index (χ4v) is 5.52. The highest BCUT2D eigenvalue weighted by atomic mass is 16.5. The van der Waals surface area contributed by atoms with Gasteiger partial charge in [-0.2, -0.15) is 0 Å². The van der Waals surface area contributed by atoms with Crippen LogP contribution < -0.4 is 20.1 Å². The van der Waals surface area contributed by atoms with Gasteiger partial charge in [-0.3, -0.25) is 9.59 Å². The molecule has 2 aliphatic rings. The Bertz CT molecular complexity index is 905. The number of nitrogens with one attached hydrogen (secondary N) is 2. The summed E-state index contributed by atoms with van der Waals surface area (Å²) in [6.07, 6.45) is 4.15. The second kappa shape index (κ2) is 16.0. The van der Waals surface area contributed by atoms with Crippen LogP contribution in [0.4, 0.5) is 0 Å². The van der Waals surface area contributed by atoms with Crippen LogP contribution in [-0.2, 0) is 14.3 Å². The van der Waals surface area contributed by atoms with E-state index in [1.165, 1.54) is 0 Å². The first-order valence-corrected chi connectivity index (χ1v) is 14.6. The molecule has 220 valence electrons. The average Bonchev–Trinajstić information content (AvgIpc) is 3.39. The largest absolute Gasteiger partial charge is 0.493 e. The molecule has 2 fully saturated rings. The molecular formula is C30H49N3O6. The highest BCUT2D eigenvalue weighted by molar-refractivity contribution is 5.95. The SMILES string of the molecule is CC[C@H](C[C@@H]1CNC[C@H]1CN(C(=O)c1ccc(OC)c(OCCCOC)c1)C(C)C)C(=O)NC1CCOCC1. The van der Waals surface area contributed by atoms with E-state index < -0.39 is 0 Å². The lowest BCUT2D eigenvalue weighted by molar-refractivity contribution is -0.127. The Morgan fingerprint density at radius 2 is 1.85 bits per heavy atom.